The summed E-state index contributed by atoms with van der Waals surface area (Å²) in [4.78, 5) is 42.0. The quantitative estimate of drug-likeness (QED) is 0.687. The SMILES string of the molecule is CC(C(=O)ON1C(=O)c2ccccc2C1=O)c1cc2ccccc2o1. The number of hydrogen-bond acceptors (Lipinski definition) is 5. The minimum absolute atomic E-state index is 0.219. The third kappa shape index (κ3) is 2.39. The van der Waals surface area contributed by atoms with Gasteiger partial charge in [0.25, 0.3) is 11.8 Å². The number of imide groups is 1. The Morgan fingerprint density at radius 3 is 2.24 bits per heavy atom. The van der Waals surface area contributed by atoms with Crippen LogP contribution in [0.2, 0.25) is 0 Å². The van der Waals surface area contributed by atoms with Gasteiger partial charge in [0.05, 0.1) is 11.1 Å². The Morgan fingerprint density at radius 1 is 1.00 bits per heavy atom. The molecule has 0 aliphatic carbocycles. The number of carbonyl (C=O) groups is 3. The molecule has 0 bridgehead atoms. The molecule has 0 saturated heterocycles. The fourth-order valence-corrected chi connectivity index (χ4v) is 2.75. The molecular weight excluding hydrogens is 322 g/mol. The van der Waals surface area contributed by atoms with Gasteiger partial charge in [0.15, 0.2) is 0 Å². The first-order valence-electron chi connectivity index (χ1n) is 7.74. The van der Waals surface area contributed by atoms with Gasteiger partial charge in [-0.2, -0.15) is 0 Å². The van der Waals surface area contributed by atoms with Gasteiger partial charge in [-0.05, 0) is 31.2 Å². The fourth-order valence-electron chi connectivity index (χ4n) is 2.75. The number of benzene rings is 2. The summed E-state index contributed by atoms with van der Waals surface area (Å²) in [5.74, 6) is -2.40. The van der Waals surface area contributed by atoms with Gasteiger partial charge in [-0.1, -0.05) is 35.4 Å². The molecule has 0 fully saturated rings. The highest BCUT2D eigenvalue weighted by Crippen LogP contribution is 2.28. The molecule has 1 atom stereocenters. The maximum Gasteiger partial charge on any atom is 0.343 e. The van der Waals surface area contributed by atoms with Gasteiger partial charge in [0, 0.05) is 5.39 Å². The molecule has 0 N–H and O–H groups in total. The molecule has 1 aliphatic rings. The van der Waals surface area contributed by atoms with Crippen molar-refractivity contribution in [3.8, 4) is 0 Å². The lowest BCUT2D eigenvalue weighted by Crippen LogP contribution is -2.34. The molecule has 0 spiro atoms. The summed E-state index contributed by atoms with van der Waals surface area (Å²) in [7, 11) is 0. The van der Waals surface area contributed by atoms with Crippen LogP contribution in [-0.4, -0.2) is 22.8 Å². The number of rotatable bonds is 3. The third-order valence-corrected chi connectivity index (χ3v) is 4.16. The van der Waals surface area contributed by atoms with Crippen molar-refractivity contribution in [1.82, 2.24) is 5.06 Å². The van der Waals surface area contributed by atoms with E-state index in [0.717, 1.165) is 5.39 Å². The largest absolute Gasteiger partial charge is 0.460 e. The number of para-hydroxylation sites is 1. The monoisotopic (exact) mass is 335 g/mol. The molecule has 0 saturated carbocycles. The standard InChI is InChI=1S/C19H13NO5/c1-11(16-10-12-6-2-5-9-15(12)24-16)19(23)25-20-17(21)13-7-3-4-8-14(13)18(20)22/h2-11H,1H3. The zero-order valence-corrected chi connectivity index (χ0v) is 13.3. The fraction of sp³-hybridized carbons (Fsp3) is 0.105. The Labute approximate surface area is 142 Å². The normalized spacial score (nSPS) is 14.7. The molecule has 1 aromatic heterocycles. The summed E-state index contributed by atoms with van der Waals surface area (Å²) in [6, 6.07) is 15.4. The number of carbonyl (C=O) groups excluding carboxylic acids is 3. The van der Waals surface area contributed by atoms with Crippen LogP contribution in [0, 0.1) is 0 Å². The highest BCUT2D eigenvalue weighted by molar-refractivity contribution is 6.20. The Balaban J connectivity index is 1.56. The van der Waals surface area contributed by atoms with Gasteiger partial charge < -0.3 is 9.25 Å². The molecule has 1 aliphatic heterocycles. The van der Waals surface area contributed by atoms with Crippen LogP contribution in [0.3, 0.4) is 0 Å². The number of hydrogen-bond donors (Lipinski definition) is 0. The van der Waals surface area contributed by atoms with E-state index in [1.54, 1.807) is 31.2 Å². The molecular formula is C19H13NO5. The van der Waals surface area contributed by atoms with E-state index in [1.807, 2.05) is 18.2 Å². The van der Waals surface area contributed by atoms with Crippen LogP contribution in [0.1, 0.15) is 39.3 Å². The molecule has 2 aromatic carbocycles. The summed E-state index contributed by atoms with van der Waals surface area (Å²) in [5, 5.41) is 1.37. The van der Waals surface area contributed by atoms with Crippen molar-refractivity contribution in [3.63, 3.8) is 0 Å². The second kappa shape index (κ2) is 5.59. The van der Waals surface area contributed by atoms with E-state index in [4.69, 9.17) is 9.25 Å². The molecule has 6 heteroatoms. The second-order valence-electron chi connectivity index (χ2n) is 5.77. The van der Waals surface area contributed by atoms with E-state index >= 15 is 0 Å². The number of hydroxylamine groups is 2. The summed E-state index contributed by atoms with van der Waals surface area (Å²) >= 11 is 0. The zero-order chi connectivity index (χ0) is 17.6. The number of furan rings is 1. The summed E-state index contributed by atoms with van der Waals surface area (Å²) in [6.07, 6.45) is 0. The van der Waals surface area contributed by atoms with Crippen LogP contribution in [-0.2, 0) is 9.63 Å². The average Bonchev–Trinajstić information content (AvgIpc) is 3.17. The molecule has 1 unspecified atom stereocenters. The maximum absolute atomic E-state index is 12.4. The Hall–Kier alpha value is -3.41. The van der Waals surface area contributed by atoms with Crippen molar-refractivity contribution in [1.29, 1.82) is 0 Å². The molecule has 124 valence electrons. The van der Waals surface area contributed by atoms with Crippen LogP contribution in [0.25, 0.3) is 11.0 Å². The molecule has 3 aromatic rings. The van der Waals surface area contributed by atoms with Crippen LogP contribution in [0.4, 0.5) is 0 Å². The summed E-state index contributed by atoms with van der Waals surface area (Å²) in [6.45, 7) is 1.60. The molecule has 2 heterocycles. The minimum Gasteiger partial charge on any atom is -0.460 e. The highest BCUT2D eigenvalue weighted by atomic mass is 16.7. The van der Waals surface area contributed by atoms with E-state index in [2.05, 4.69) is 0 Å². The maximum atomic E-state index is 12.4. The number of nitrogens with zero attached hydrogens (tertiary/aromatic N) is 1. The highest BCUT2D eigenvalue weighted by Gasteiger charge is 2.39. The van der Waals surface area contributed by atoms with E-state index in [1.165, 1.54) is 12.1 Å². The predicted octanol–water partition coefficient (Wildman–Crippen LogP) is 3.29. The first kappa shape index (κ1) is 15.1. The molecule has 6 nitrogen and oxygen atoms in total. The smallest absolute Gasteiger partial charge is 0.343 e. The Morgan fingerprint density at radius 2 is 1.60 bits per heavy atom. The van der Waals surface area contributed by atoms with Crippen LogP contribution < -0.4 is 0 Å². The van der Waals surface area contributed by atoms with E-state index in [9.17, 15) is 14.4 Å². The van der Waals surface area contributed by atoms with Gasteiger partial charge in [0.2, 0.25) is 0 Å². The molecule has 2 amide bonds. The number of amides is 2. The van der Waals surface area contributed by atoms with Gasteiger partial charge in [-0.15, -0.1) is 0 Å². The molecule has 0 radical (unpaired) electrons. The van der Waals surface area contributed by atoms with E-state index in [0.29, 0.717) is 16.4 Å². The van der Waals surface area contributed by atoms with Crippen molar-refractivity contribution >= 4 is 28.8 Å². The van der Waals surface area contributed by atoms with Crippen LogP contribution in [0.15, 0.2) is 59.0 Å². The predicted molar refractivity (Wildman–Crippen MR) is 87.7 cm³/mol. The first-order chi connectivity index (χ1) is 12.1. The van der Waals surface area contributed by atoms with Crippen molar-refractivity contribution < 1.29 is 23.6 Å². The summed E-state index contributed by atoms with van der Waals surface area (Å²) < 4.78 is 5.64. The topological polar surface area (TPSA) is 76.8 Å². The summed E-state index contributed by atoms with van der Waals surface area (Å²) in [5.41, 5.74) is 1.09. The third-order valence-electron chi connectivity index (χ3n) is 4.16. The Kier molecular flexibility index (Phi) is 3.39. The van der Waals surface area contributed by atoms with Crippen molar-refractivity contribution in [2.75, 3.05) is 0 Å². The van der Waals surface area contributed by atoms with Gasteiger partial charge >= 0.3 is 5.97 Å². The van der Waals surface area contributed by atoms with Crippen molar-refractivity contribution in [2.45, 2.75) is 12.8 Å². The zero-order valence-electron chi connectivity index (χ0n) is 13.3. The second-order valence-corrected chi connectivity index (χ2v) is 5.77. The van der Waals surface area contributed by atoms with E-state index in [-0.39, 0.29) is 11.1 Å². The van der Waals surface area contributed by atoms with Crippen LogP contribution >= 0.6 is 0 Å². The van der Waals surface area contributed by atoms with Crippen molar-refractivity contribution in [2.24, 2.45) is 0 Å². The lowest BCUT2D eigenvalue weighted by Gasteiger charge is -2.15. The first-order valence-corrected chi connectivity index (χ1v) is 7.74. The minimum atomic E-state index is -0.767. The van der Waals surface area contributed by atoms with Crippen LogP contribution in [0.5, 0.6) is 0 Å². The van der Waals surface area contributed by atoms with Gasteiger partial charge in [-0.3, -0.25) is 9.59 Å². The molecule has 4 rings (SSSR count). The Bertz CT molecular complexity index is 951. The number of fused-ring (bicyclic) bond motifs is 2. The van der Waals surface area contributed by atoms with Gasteiger partial charge in [0.1, 0.15) is 17.3 Å². The average molecular weight is 335 g/mol. The lowest BCUT2D eigenvalue weighted by atomic mass is 10.1. The molecule has 25 heavy (non-hydrogen) atoms. The van der Waals surface area contributed by atoms with Gasteiger partial charge in [-0.25, -0.2) is 4.79 Å². The lowest BCUT2D eigenvalue weighted by molar-refractivity contribution is -0.170. The van der Waals surface area contributed by atoms with Crippen molar-refractivity contribution in [3.05, 3.63) is 71.5 Å². The van der Waals surface area contributed by atoms with E-state index < -0.39 is 23.7 Å².